The lowest BCUT2D eigenvalue weighted by molar-refractivity contribution is -0.117. The summed E-state index contributed by atoms with van der Waals surface area (Å²) in [4.78, 5) is 20.1. The molecule has 0 aromatic rings. The van der Waals surface area contributed by atoms with Crippen LogP contribution in [0.5, 0.6) is 0 Å². The van der Waals surface area contributed by atoms with Crippen molar-refractivity contribution in [1.82, 2.24) is 10.6 Å². The van der Waals surface area contributed by atoms with E-state index in [9.17, 15) is 9.59 Å². The summed E-state index contributed by atoms with van der Waals surface area (Å²) in [7, 11) is 1.50. The van der Waals surface area contributed by atoms with Gasteiger partial charge in [0, 0.05) is 0 Å². The minimum atomic E-state index is -0.398. The van der Waals surface area contributed by atoms with Crippen molar-refractivity contribution in [3.05, 3.63) is 0 Å². The van der Waals surface area contributed by atoms with Crippen LogP contribution in [-0.4, -0.2) is 25.5 Å². The van der Waals surface area contributed by atoms with Gasteiger partial charge in [-0.25, -0.2) is 4.79 Å². The standard InChI is InChI=1S/C3H4N2O2.CH5N/c6-2-1-4-3(7)5-2;1-2/h1H2,(H2,4,5,6,7);2H2,1H3. The Bertz CT molecular complexity index is 109. The molecule has 0 saturated carbocycles. The van der Waals surface area contributed by atoms with E-state index in [-0.39, 0.29) is 12.5 Å². The molecule has 1 fully saturated rings. The van der Waals surface area contributed by atoms with Crippen molar-refractivity contribution in [3.8, 4) is 0 Å². The van der Waals surface area contributed by atoms with E-state index in [1.807, 2.05) is 5.32 Å². The molecule has 4 N–H and O–H groups in total. The Morgan fingerprint density at radius 2 is 2.00 bits per heavy atom. The number of imide groups is 1. The molecule has 0 aromatic carbocycles. The zero-order chi connectivity index (χ0) is 7.28. The van der Waals surface area contributed by atoms with E-state index in [4.69, 9.17) is 0 Å². The van der Waals surface area contributed by atoms with Crippen LogP contribution in [0.25, 0.3) is 0 Å². The number of carbonyl (C=O) groups excluding carboxylic acids is 2. The molecule has 5 nitrogen and oxygen atoms in total. The van der Waals surface area contributed by atoms with Crippen LogP contribution in [0.3, 0.4) is 0 Å². The fraction of sp³-hybridized carbons (Fsp3) is 0.500. The molecule has 0 aliphatic carbocycles. The van der Waals surface area contributed by atoms with Gasteiger partial charge in [0.2, 0.25) is 5.91 Å². The Morgan fingerprint density at radius 1 is 1.44 bits per heavy atom. The van der Waals surface area contributed by atoms with Crippen LogP contribution in [-0.2, 0) is 4.79 Å². The number of hydrogen-bond donors (Lipinski definition) is 3. The minimum Gasteiger partial charge on any atom is -0.333 e. The Morgan fingerprint density at radius 3 is 2.11 bits per heavy atom. The number of carbonyl (C=O) groups is 2. The number of amides is 3. The van der Waals surface area contributed by atoms with Crippen LogP contribution < -0.4 is 16.4 Å². The molecule has 0 radical (unpaired) electrons. The van der Waals surface area contributed by atoms with E-state index in [1.165, 1.54) is 7.05 Å². The van der Waals surface area contributed by atoms with Gasteiger partial charge in [-0.05, 0) is 7.05 Å². The average Bonchev–Trinajstić information content (AvgIpc) is 2.20. The zero-order valence-corrected chi connectivity index (χ0v) is 5.10. The lowest BCUT2D eigenvalue weighted by Crippen LogP contribution is -2.22. The number of urea groups is 1. The summed E-state index contributed by atoms with van der Waals surface area (Å²) in [6.45, 7) is 0.124. The number of hydrogen-bond acceptors (Lipinski definition) is 3. The quantitative estimate of drug-likeness (QED) is 0.346. The highest BCUT2D eigenvalue weighted by Gasteiger charge is 2.14. The SMILES string of the molecule is CN.O=C1CNC(=O)N1. The molecule has 1 aliphatic rings. The highest BCUT2D eigenvalue weighted by atomic mass is 16.2. The van der Waals surface area contributed by atoms with E-state index in [0.29, 0.717) is 0 Å². The number of rotatable bonds is 0. The molecule has 52 valence electrons. The molecule has 0 aromatic heterocycles. The number of nitrogens with two attached hydrogens (primary N) is 1. The van der Waals surface area contributed by atoms with Gasteiger partial charge in [-0.3, -0.25) is 10.1 Å². The third kappa shape index (κ3) is 2.65. The van der Waals surface area contributed by atoms with Crippen LogP contribution in [0.4, 0.5) is 4.79 Å². The summed E-state index contributed by atoms with van der Waals surface area (Å²) in [5.74, 6) is -0.259. The Kier molecular flexibility index (Phi) is 3.38. The fourth-order valence-electron chi connectivity index (χ4n) is 0.376. The van der Waals surface area contributed by atoms with E-state index < -0.39 is 6.03 Å². The molecule has 9 heavy (non-hydrogen) atoms. The van der Waals surface area contributed by atoms with Gasteiger partial charge in [0.1, 0.15) is 0 Å². The third-order valence-corrected chi connectivity index (χ3v) is 0.662. The van der Waals surface area contributed by atoms with E-state index in [0.717, 1.165) is 0 Å². The predicted molar refractivity (Wildman–Crippen MR) is 31.7 cm³/mol. The molecule has 1 rings (SSSR count). The van der Waals surface area contributed by atoms with Crippen LogP contribution in [0.1, 0.15) is 0 Å². The summed E-state index contributed by atoms with van der Waals surface area (Å²) in [5, 5.41) is 4.30. The first-order valence-electron chi connectivity index (χ1n) is 2.44. The molecular weight excluding hydrogens is 122 g/mol. The van der Waals surface area contributed by atoms with Gasteiger partial charge >= 0.3 is 6.03 Å². The van der Waals surface area contributed by atoms with Gasteiger partial charge < -0.3 is 11.1 Å². The average molecular weight is 131 g/mol. The highest BCUT2D eigenvalue weighted by Crippen LogP contribution is 1.73. The molecule has 1 saturated heterocycles. The van der Waals surface area contributed by atoms with Gasteiger partial charge in [-0.1, -0.05) is 0 Å². The Hall–Kier alpha value is -1.10. The van der Waals surface area contributed by atoms with Gasteiger partial charge in [0.05, 0.1) is 6.54 Å². The molecule has 0 spiro atoms. The first-order chi connectivity index (χ1) is 4.29. The molecule has 1 aliphatic heterocycles. The normalized spacial score (nSPS) is 15.3. The van der Waals surface area contributed by atoms with Crippen molar-refractivity contribution in [2.45, 2.75) is 0 Å². The smallest absolute Gasteiger partial charge is 0.321 e. The molecule has 0 bridgehead atoms. The maximum atomic E-state index is 10.1. The number of nitrogens with one attached hydrogen (secondary N) is 2. The van der Waals surface area contributed by atoms with Crippen molar-refractivity contribution in [2.24, 2.45) is 5.73 Å². The maximum absolute atomic E-state index is 10.1. The van der Waals surface area contributed by atoms with Gasteiger partial charge in [0.15, 0.2) is 0 Å². The molecule has 0 atom stereocenters. The second kappa shape index (κ2) is 3.85. The second-order valence-electron chi connectivity index (χ2n) is 1.23. The maximum Gasteiger partial charge on any atom is 0.321 e. The van der Waals surface area contributed by atoms with Crippen molar-refractivity contribution < 1.29 is 9.59 Å². The van der Waals surface area contributed by atoms with E-state index >= 15 is 0 Å². The van der Waals surface area contributed by atoms with Crippen LogP contribution >= 0.6 is 0 Å². The summed E-state index contributed by atoms with van der Waals surface area (Å²) in [5.41, 5.74) is 4.50. The fourth-order valence-corrected chi connectivity index (χ4v) is 0.376. The topological polar surface area (TPSA) is 84.2 Å². The largest absolute Gasteiger partial charge is 0.333 e. The third-order valence-electron chi connectivity index (χ3n) is 0.662. The van der Waals surface area contributed by atoms with Gasteiger partial charge in [-0.2, -0.15) is 0 Å². The summed E-state index contributed by atoms with van der Waals surface area (Å²) in [6.07, 6.45) is 0. The Balaban J connectivity index is 0.000000291. The van der Waals surface area contributed by atoms with Crippen molar-refractivity contribution >= 4 is 11.9 Å². The van der Waals surface area contributed by atoms with Gasteiger partial charge in [-0.15, -0.1) is 0 Å². The summed E-state index contributed by atoms with van der Waals surface area (Å²) >= 11 is 0. The minimum absolute atomic E-state index is 0.124. The predicted octanol–water partition coefficient (Wildman–Crippen LogP) is -1.60. The summed E-state index contributed by atoms with van der Waals surface area (Å²) < 4.78 is 0. The zero-order valence-electron chi connectivity index (χ0n) is 5.10. The molecule has 0 unspecified atom stereocenters. The molecule has 1 heterocycles. The first kappa shape index (κ1) is 7.90. The van der Waals surface area contributed by atoms with E-state index in [2.05, 4.69) is 11.1 Å². The Labute approximate surface area is 52.6 Å². The first-order valence-corrected chi connectivity index (χ1v) is 2.44. The van der Waals surface area contributed by atoms with E-state index in [1.54, 1.807) is 0 Å². The lowest BCUT2D eigenvalue weighted by Gasteiger charge is -1.78. The molecule has 5 heteroatoms. The lowest BCUT2D eigenvalue weighted by atomic mass is 10.7. The molecule has 3 amide bonds. The van der Waals surface area contributed by atoms with Crippen LogP contribution in [0, 0.1) is 0 Å². The monoisotopic (exact) mass is 131 g/mol. The second-order valence-corrected chi connectivity index (χ2v) is 1.23. The van der Waals surface area contributed by atoms with Crippen LogP contribution in [0.2, 0.25) is 0 Å². The highest BCUT2D eigenvalue weighted by molar-refractivity contribution is 6.01. The van der Waals surface area contributed by atoms with Crippen molar-refractivity contribution in [1.29, 1.82) is 0 Å². The van der Waals surface area contributed by atoms with Gasteiger partial charge in [0.25, 0.3) is 0 Å². The van der Waals surface area contributed by atoms with Crippen molar-refractivity contribution in [3.63, 3.8) is 0 Å². The molecular formula is C4H9N3O2. The van der Waals surface area contributed by atoms with Crippen molar-refractivity contribution in [2.75, 3.05) is 13.6 Å². The van der Waals surface area contributed by atoms with Crippen LogP contribution in [0.15, 0.2) is 0 Å². The summed E-state index contributed by atoms with van der Waals surface area (Å²) in [6, 6.07) is -0.398.